The fourth-order valence-electron chi connectivity index (χ4n) is 2.70. The van der Waals surface area contributed by atoms with Gasteiger partial charge in [0, 0.05) is 12.3 Å². The molecule has 3 atom stereocenters. The summed E-state index contributed by atoms with van der Waals surface area (Å²) in [6.45, 7) is 21.4. The largest absolute Gasteiger partial charge is 0.469 e. The second-order valence-corrected chi connectivity index (χ2v) is 15.1. The lowest BCUT2D eigenvalue weighted by atomic mass is 9.87. The van der Waals surface area contributed by atoms with Crippen molar-refractivity contribution in [2.24, 2.45) is 5.92 Å². The summed E-state index contributed by atoms with van der Waals surface area (Å²) in [7, 11) is -0.797. The van der Waals surface area contributed by atoms with Gasteiger partial charge in [-0.2, -0.15) is 0 Å². The molecule has 0 saturated carbocycles. The van der Waals surface area contributed by atoms with Gasteiger partial charge in [-0.3, -0.25) is 9.59 Å². The second-order valence-electron chi connectivity index (χ2n) is 9.22. The molecule has 0 aromatic heterocycles. The van der Waals surface area contributed by atoms with E-state index < -0.39 is 25.8 Å². The first kappa shape index (κ1) is 25.3. The highest BCUT2D eigenvalue weighted by Gasteiger charge is 2.55. The first-order chi connectivity index (χ1) is 12.6. The summed E-state index contributed by atoms with van der Waals surface area (Å²) in [6, 6.07) is 0. The maximum absolute atomic E-state index is 12.4. The van der Waals surface area contributed by atoms with E-state index in [1.54, 1.807) is 6.92 Å². The smallest absolute Gasteiger partial charge is 0.313 e. The number of epoxide rings is 1. The number of carbonyl (C=O) groups excluding carboxylic acids is 2. The molecule has 1 aliphatic heterocycles. The fraction of sp³-hybridized carbons (Fsp3) is 0.714. The van der Waals surface area contributed by atoms with Crippen molar-refractivity contribution in [1.29, 1.82) is 0 Å². The maximum Gasteiger partial charge on any atom is 0.313 e. The van der Waals surface area contributed by atoms with Crippen LogP contribution >= 0.6 is 15.9 Å². The average Bonchev–Trinajstić information content (AvgIpc) is 3.31. The van der Waals surface area contributed by atoms with Crippen molar-refractivity contribution >= 4 is 36.0 Å². The summed E-state index contributed by atoms with van der Waals surface area (Å²) < 4.78 is 18.0. The molecule has 0 N–H and O–H groups in total. The predicted molar refractivity (Wildman–Crippen MR) is 118 cm³/mol. The topological polar surface area (TPSA) is 65.1 Å². The van der Waals surface area contributed by atoms with Gasteiger partial charge in [-0.1, -0.05) is 62.4 Å². The molecule has 3 unspecified atom stereocenters. The average molecular weight is 475 g/mol. The highest BCUT2D eigenvalue weighted by molar-refractivity contribution is 9.11. The molecular weight excluding hydrogens is 440 g/mol. The van der Waals surface area contributed by atoms with E-state index in [9.17, 15) is 9.59 Å². The molecule has 160 valence electrons. The number of ether oxygens (including phenoxy) is 2. The van der Waals surface area contributed by atoms with Gasteiger partial charge >= 0.3 is 5.97 Å². The summed E-state index contributed by atoms with van der Waals surface area (Å²) in [5.74, 6) is -1.18. The Labute approximate surface area is 179 Å². The number of carbonyl (C=O) groups is 2. The molecule has 28 heavy (non-hydrogen) atoms. The van der Waals surface area contributed by atoms with E-state index in [0.717, 1.165) is 10.1 Å². The van der Waals surface area contributed by atoms with Crippen molar-refractivity contribution in [3.63, 3.8) is 0 Å². The van der Waals surface area contributed by atoms with Crippen molar-refractivity contribution in [2.75, 3.05) is 13.7 Å². The Hall–Kier alpha value is -0.763. The number of hydrogen-bond donors (Lipinski definition) is 0. The number of rotatable bonds is 11. The Morgan fingerprint density at radius 3 is 2.21 bits per heavy atom. The zero-order chi connectivity index (χ0) is 21.9. The molecule has 1 rings (SSSR count). The van der Waals surface area contributed by atoms with Crippen molar-refractivity contribution in [3.8, 4) is 0 Å². The third kappa shape index (κ3) is 6.64. The minimum absolute atomic E-state index is 0.0421. The van der Waals surface area contributed by atoms with Gasteiger partial charge in [0.1, 0.15) is 12.0 Å². The fourth-order valence-corrected chi connectivity index (χ4v) is 4.53. The number of halogens is 1. The minimum atomic E-state index is -2.07. The first-order valence-electron chi connectivity index (χ1n) is 9.57. The Balaban J connectivity index is 3.00. The van der Waals surface area contributed by atoms with Crippen molar-refractivity contribution in [3.05, 3.63) is 23.2 Å². The predicted octanol–water partition coefficient (Wildman–Crippen LogP) is 5.16. The Morgan fingerprint density at radius 1 is 1.29 bits per heavy atom. The van der Waals surface area contributed by atoms with Crippen LogP contribution in [-0.4, -0.2) is 45.5 Å². The molecule has 1 aliphatic rings. The molecule has 0 bridgehead atoms. The summed E-state index contributed by atoms with van der Waals surface area (Å²) in [5.41, 5.74) is 0.303. The highest BCUT2D eigenvalue weighted by atomic mass is 79.9. The van der Waals surface area contributed by atoms with Crippen LogP contribution in [0.1, 0.15) is 47.0 Å². The molecule has 1 heterocycles. The van der Waals surface area contributed by atoms with E-state index in [4.69, 9.17) is 9.16 Å². The molecule has 0 aromatic rings. The van der Waals surface area contributed by atoms with Gasteiger partial charge in [0.2, 0.25) is 0 Å². The van der Waals surface area contributed by atoms with E-state index in [1.807, 2.05) is 0 Å². The summed E-state index contributed by atoms with van der Waals surface area (Å²) >= 11 is 3.44. The first-order valence-corrected chi connectivity index (χ1v) is 13.3. The van der Waals surface area contributed by atoms with Crippen molar-refractivity contribution in [2.45, 2.75) is 76.8 Å². The van der Waals surface area contributed by atoms with Crippen molar-refractivity contribution < 1.29 is 23.5 Å². The van der Waals surface area contributed by atoms with Gasteiger partial charge < -0.3 is 13.9 Å². The molecule has 0 amide bonds. The van der Waals surface area contributed by atoms with Gasteiger partial charge in [-0.05, 0) is 29.0 Å². The number of hydrogen-bond acceptors (Lipinski definition) is 5. The summed E-state index contributed by atoms with van der Waals surface area (Å²) in [4.78, 5) is 23.8. The number of ketones is 1. The molecule has 0 aromatic carbocycles. The quantitative estimate of drug-likeness (QED) is 0.136. The lowest BCUT2D eigenvalue weighted by molar-refractivity contribution is -0.143. The van der Waals surface area contributed by atoms with E-state index in [-0.39, 0.29) is 23.3 Å². The molecule has 1 fully saturated rings. The van der Waals surface area contributed by atoms with Crippen LogP contribution in [0.3, 0.4) is 0 Å². The van der Waals surface area contributed by atoms with Gasteiger partial charge in [0.15, 0.2) is 14.1 Å². The summed E-state index contributed by atoms with van der Waals surface area (Å²) in [6.07, 6.45) is 0.679. The van der Waals surface area contributed by atoms with Gasteiger partial charge in [-0.15, -0.1) is 0 Å². The Bertz CT molecular complexity index is 631. The third-order valence-electron chi connectivity index (χ3n) is 5.93. The number of Topliss-reactive ketones (excluding diaryl/α,β-unsaturated/α-hetero) is 1. The van der Waals surface area contributed by atoms with Crippen molar-refractivity contribution in [1.82, 2.24) is 0 Å². The highest BCUT2D eigenvalue weighted by Crippen LogP contribution is 2.46. The zero-order valence-electron chi connectivity index (χ0n) is 18.3. The van der Waals surface area contributed by atoms with Crippen LogP contribution < -0.4 is 0 Å². The normalized spacial score (nSPS) is 21.6. The Morgan fingerprint density at radius 2 is 1.82 bits per heavy atom. The number of esters is 1. The Kier molecular flexibility index (Phi) is 8.45. The molecule has 0 radical (unpaired) electrons. The zero-order valence-corrected chi connectivity index (χ0v) is 20.9. The third-order valence-corrected chi connectivity index (χ3v) is 10.7. The van der Waals surface area contributed by atoms with Crippen LogP contribution in [0.5, 0.6) is 0 Å². The van der Waals surface area contributed by atoms with E-state index in [1.165, 1.54) is 7.11 Å². The van der Waals surface area contributed by atoms with Gasteiger partial charge in [0.05, 0.1) is 19.8 Å². The molecular formula is C21H35BrO5Si. The molecule has 1 saturated heterocycles. The van der Waals surface area contributed by atoms with Crippen LogP contribution in [0.25, 0.3) is 0 Å². The van der Waals surface area contributed by atoms with Gasteiger partial charge in [-0.25, -0.2) is 0 Å². The molecule has 5 nitrogen and oxygen atoms in total. The minimum Gasteiger partial charge on any atom is -0.469 e. The lowest BCUT2D eigenvalue weighted by Gasteiger charge is -2.41. The standard InChI is InChI=1S/C21H35BrO5Si/c1-14(16(3)17(23)11-19(24)25-7)10-18(21(13-26-21)12-15(2)22)27-28(8,9)20(4,5)6/h16,18H,1-2,10-13H2,3-9H3. The van der Waals surface area contributed by atoms with E-state index in [2.05, 4.69) is 67.7 Å². The molecule has 7 heteroatoms. The monoisotopic (exact) mass is 474 g/mol. The maximum atomic E-state index is 12.4. The SMILES string of the molecule is C=C(Br)CC1(C(CC(=C)C(C)C(=O)CC(=O)OC)O[Si](C)(C)C(C)(C)C)CO1. The second kappa shape index (κ2) is 9.37. The van der Waals surface area contributed by atoms with Crippen LogP contribution in [0.2, 0.25) is 18.1 Å². The van der Waals surface area contributed by atoms with E-state index in [0.29, 0.717) is 19.4 Å². The summed E-state index contributed by atoms with van der Waals surface area (Å²) in [5, 5.41) is 0.0421. The molecule has 0 spiro atoms. The van der Waals surface area contributed by atoms with E-state index >= 15 is 0 Å². The van der Waals surface area contributed by atoms with Crippen LogP contribution in [0.15, 0.2) is 23.2 Å². The van der Waals surface area contributed by atoms with Crippen LogP contribution in [0.4, 0.5) is 0 Å². The van der Waals surface area contributed by atoms with Gasteiger partial charge in [0.25, 0.3) is 0 Å². The molecule has 0 aliphatic carbocycles. The lowest BCUT2D eigenvalue weighted by Crippen LogP contribution is -2.48. The number of methoxy groups -OCH3 is 1. The van der Waals surface area contributed by atoms with Crippen LogP contribution in [-0.2, 0) is 23.5 Å². The van der Waals surface area contributed by atoms with Crippen LogP contribution in [0, 0.1) is 5.92 Å².